The molecule has 2 rings (SSSR count). The zero-order valence-corrected chi connectivity index (χ0v) is 14.8. The van der Waals surface area contributed by atoms with Gasteiger partial charge < -0.3 is 19.6 Å². The first-order chi connectivity index (χ1) is 7.18. The Morgan fingerprint density at radius 2 is 1.94 bits per heavy atom. The van der Waals surface area contributed by atoms with E-state index in [2.05, 4.69) is 10.2 Å². The molecule has 0 saturated heterocycles. The van der Waals surface area contributed by atoms with E-state index in [9.17, 15) is 9.59 Å². The molecular weight excluding hydrogens is 280 g/mol. The fraction of sp³-hybridized carbons (Fsp3) is 0.300. The van der Waals surface area contributed by atoms with E-state index in [0.29, 0.717) is 10.8 Å². The summed E-state index contributed by atoms with van der Waals surface area (Å²) >= 11 is 0. The molecule has 0 bridgehead atoms. The van der Waals surface area contributed by atoms with E-state index in [1.807, 2.05) is 13.8 Å². The van der Waals surface area contributed by atoms with Gasteiger partial charge in [0.25, 0.3) is 5.56 Å². The van der Waals surface area contributed by atoms with Crippen molar-refractivity contribution < 1.29 is 58.2 Å². The molecule has 0 aliphatic rings. The average Bonchev–Trinajstić information content (AvgIpc) is 2.24. The molecule has 0 aliphatic carbocycles. The van der Waals surface area contributed by atoms with Gasteiger partial charge in [-0.25, -0.2) is 0 Å². The third kappa shape index (κ3) is 3.45. The second kappa shape index (κ2) is 7.27. The maximum atomic E-state index is 11.2. The number of hydrogen-bond acceptors (Lipinski definition) is 3. The zero-order chi connectivity index (χ0) is 11.4. The molecule has 80 valence electrons. The van der Waals surface area contributed by atoms with Crippen LogP contribution in [0.1, 0.15) is 13.8 Å². The van der Waals surface area contributed by atoms with Crippen LogP contribution < -0.4 is 74.4 Å². The van der Waals surface area contributed by atoms with Crippen LogP contribution in [-0.4, -0.2) is 9.67 Å². The Labute approximate surface area is 142 Å². The Morgan fingerprint density at radius 3 is 2.56 bits per heavy atom. The van der Waals surface area contributed by atoms with Crippen LogP contribution in [0.25, 0.3) is 10.8 Å². The molecule has 2 aromatic rings. The summed E-state index contributed by atoms with van der Waals surface area (Å²) in [7, 11) is 1.62. The van der Waals surface area contributed by atoms with Gasteiger partial charge in [-0.15, -0.1) is 0 Å². The molecule has 2 aromatic heterocycles. The molecule has 0 saturated carbocycles. The van der Waals surface area contributed by atoms with Crippen molar-refractivity contribution in [1.82, 2.24) is 14.8 Å². The van der Waals surface area contributed by atoms with Gasteiger partial charge in [0.15, 0.2) is 0 Å². The van der Waals surface area contributed by atoms with Gasteiger partial charge in [-0.2, -0.15) is 0 Å². The van der Waals surface area contributed by atoms with Gasteiger partial charge in [-0.1, -0.05) is 13.8 Å². The van der Waals surface area contributed by atoms with E-state index >= 15 is 0 Å². The smallest absolute Gasteiger partial charge is 0.540 e. The van der Waals surface area contributed by atoms with Gasteiger partial charge in [-0.3, -0.25) is 4.79 Å². The van der Waals surface area contributed by atoms with E-state index in [-0.39, 0.29) is 63.7 Å². The Morgan fingerprint density at radius 1 is 1.31 bits per heavy atom. The third-order valence-corrected chi connectivity index (χ3v) is 1.83. The fourth-order valence-electron chi connectivity index (χ4n) is 1.14. The number of hydrogen-bond donors (Lipinski definition) is 0. The quantitative estimate of drug-likeness (QED) is 0.529. The van der Waals surface area contributed by atoms with E-state index < -0.39 is 5.56 Å². The Bertz CT molecular complexity index is 574. The average molecular weight is 292 g/mol. The number of pyridine rings is 1. The van der Waals surface area contributed by atoms with E-state index in [1.54, 1.807) is 13.2 Å². The summed E-state index contributed by atoms with van der Waals surface area (Å²) in [5.41, 5.74) is -0.687. The Hall–Kier alpha value is -0.105. The molecule has 0 spiro atoms. The molecule has 0 radical (unpaired) electrons. The van der Waals surface area contributed by atoms with Gasteiger partial charge in [0, 0.05) is 36.3 Å². The van der Waals surface area contributed by atoms with Crippen LogP contribution in [0.15, 0.2) is 28.0 Å². The first-order valence-electron chi connectivity index (χ1n) is 4.67. The van der Waals surface area contributed by atoms with Crippen LogP contribution in [-0.2, 0) is 7.05 Å². The number of aryl methyl sites for hydroxylation is 1. The van der Waals surface area contributed by atoms with Crippen molar-refractivity contribution in [2.75, 3.05) is 0 Å². The number of rotatable bonds is 0. The number of aromatic nitrogens is 3. The van der Waals surface area contributed by atoms with E-state index in [0.717, 1.165) is 0 Å². The Balaban J connectivity index is 0.000000711. The molecule has 5 nitrogen and oxygen atoms in total. The monoisotopic (exact) mass is 291 g/mol. The summed E-state index contributed by atoms with van der Waals surface area (Å²) < 4.78 is 1.39. The largest absolute Gasteiger partial charge is 1.00 e. The summed E-state index contributed by atoms with van der Waals surface area (Å²) in [6.45, 7) is 4.00. The van der Waals surface area contributed by atoms with E-state index in [1.165, 1.54) is 16.8 Å². The standard InChI is InChI=1S/C8H7N3O2.C2H6.Rb/c1-11-4-5-3-9-10-8(13)6(5)2-7(11)12;1-2;/h2-4H,1H3,(H,10,13);1-2H3;/q;;+1/p-1. The van der Waals surface area contributed by atoms with Crippen LogP contribution in [0.2, 0.25) is 0 Å². The van der Waals surface area contributed by atoms with Crippen molar-refractivity contribution in [1.29, 1.82) is 0 Å². The van der Waals surface area contributed by atoms with Crippen LogP contribution in [0.5, 0.6) is 0 Å². The molecule has 0 aliphatic heterocycles. The van der Waals surface area contributed by atoms with Gasteiger partial charge in [0.05, 0.1) is 5.56 Å². The van der Waals surface area contributed by atoms with Crippen LogP contribution in [0.4, 0.5) is 0 Å². The van der Waals surface area contributed by atoms with Crippen molar-refractivity contribution >= 4 is 10.8 Å². The minimum Gasteiger partial charge on any atom is -0.540 e. The molecule has 0 unspecified atom stereocenters. The van der Waals surface area contributed by atoms with E-state index in [4.69, 9.17) is 0 Å². The first kappa shape index (κ1) is 15.9. The van der Waals surface area contributed by atoms with Crippen LogP contribution in [0.3, 0.4) is 0 Å². The van der Waals surface area contributed by atoms with Crippen molar-refractivity contribution in [3.8, 4) is 0 Å². The number of nitrogens with zero attached hydrogens (tertiary/aromatic N) is 3. The summed E-state index contributed by atoms with van der Waals surface area (Å²) in [5, 5.41) is 7.77. The molecule has 0 N–H and O–H groups in total. The maximum Gasteiger partial charge on any atom is 1.00 e. The normalized spacial score (nSPS) is 8.94. The topological polar surface area (TPSA) is 66.1 Å². The van der Waals surface area contributed by atoms with Gasteiger partial charge >= 0.3 is 58.2 Å². The summed E-state index contributed by atoms with van der Waals surface area (Å²) in [4.78, 5) is 22.3. The minimum absolute atomic E-state index is 0. The minimum atomic E-state index is -0.463. The molecule has 6 heteroatoms. The molecule has 2 heterocycles. The Kier molecular flexibility index (Phi) is 7.22. The van der Waals surface area contributed by atoms with Gasteiger partial charge in [-0.05, 0) is 0 Å². The summed E-state index contributed by atoms with van der Waals surface area (Å²) in [6.07, 6.45) is 3.02. The molecular formula is C10H12N3O2Rb. The fourth-order valence-corrected chi connectivity index (χ4v) is 1.14. The second-order valence-electron chi connectivity index (χ2n) is 2.74. The molecule has 0 aromatic carbocycles. The SMILES string of the molecule is CC.Cn1cc2cn[n-]c(=O)c2cc1=O.[Rb+]. The van der Waals surface area contributed by atoms with Crippen molar-refractivity contribution in [3.63, 3.8) is 0 Å². The van der Waals surface area contributed by atoms with Gasteiger partial charge in [0.1, 0.15) is 0 Å². The molecule has 0 amide bonds. The van der Waals surface area contributed by atoms with Gasteiger partial charge in [0.2, 0.25) is 0 Å². The van der Waals surface area contributed by atoms with Crippen LogP contribution >= 0.6 is 0 Å². The third-order valence-electron chi connectivity index (χ3n) is 1.83. The van der Waals surface area contributed by atoms with Crippen molar-refractivity contribution in [3.05, 3.63) is 39.2 Å². The number of fused-ring (bicyclic) bond motifs is 1. The second-order valence-corrected chi connectivity index (χ2v) is 2.74. The molecule has 0 fully saturated rings. The summed E-state index contributed by atoms with van der Waals surface area (Å²) in [5.74, 6) is 0. The molecule has 16 heavy (non-hydrogen) atoms. The predicted molar refractivity (Wildman–Crippen MR) is 57.9 cm³/mol. The van der Waals surface area contributed by atoms with Crippen molar-refractivity contribution in [2.45, 2.75) is 13.8 Å². The maximum absolute atomic E-state index is 11.2. The van der Waals surface area contributed by atoms with Crippen molar-refractivity contribution in [2.24, 2.45) is 7.05 Å². The predicted octanol–water partition coefficient (Wildman–Crippen LogP) is -2.72. The molecule has 0 atom stereocenters. The van der Waals surface area contributed by atoms with Crippen LogP contribution in [0, 0.1) is 0 Å². The first-order valence-corrected chi connectivity index (χ1v) is 4.67. The zero-order valence-electron chi connectivity index (χ0n) is 9.89. The summed E-state index contributed by atoms with van der Waals surface area (Å²) in [6, 6.07) is 1.27.